The number of methoxy groups -OCH3 is 2. The Kier molecular flexibility index (Phi) is 6.39. The van der Waals surface area contributed by atoms with Crippen molar-refractivity contribution in [1.82, 2.24) is 0 Å². The molecule has 0 aliphatic heterocycles. The predicted octanol–water partition coefficient (Wildman–Crippen LogP) is 3.31. The van der Waals surface area contributed by atoms with E-state index < -0.39 is 0 Å². The van der Waals surface area contributed by atoms with Gasteiger partial charge in [0.15, 0.2) is 5.78 Å². The van der Waals surface area contributed by atoms with Gasteiger partial charge >= 0.3 is 0 Å². The molecular formula is C19H21NO5. The van der Waals surface area contributed by atoms with Crippen LogP contribution in [0.1, 0.15) is 23.7 Å². The first-order valence-electron chi connectivity index (χ1n) is 7.79. The molecule has 0 saturated heterocycles. The highest BCUT2D eigenvalue weighted by molar-refractivity contribution is 5.98. The predicted molar refractivity (Wildman–Crippen MR) is 94.7 cm³/mol. The molecule has 132 valence electrons. The van der Waals surface area contributed by atoms with Crippen LogP contribution in [0, 0.1) is 0 Å². The van der Waals surface area contributed by atoms with Gasteiger partial charge in [0.25, 0.3) is 0 Å². The van der Waals surface area contributed by atoms with Crippen molar-refractivity contribution < 1.29 is 23.8 Å². The molecule has 0 heterocycles. The van der Waals surface area contributed by atoms with Gasteiger partial charge in [-0.1, -0.05) is 0 Å². The number of hydrogen-bond acceptors (Lipinski definition) is 5. The van der Waals surface area contributed by atoms with Crippen molar-refractivity contribution in [2.75, 3.05) is 26.1 Å². The van der Waals surface area contributed by atoms with Crippen LogP contribution in [-0.4, -0.2) is 32.5 Å². The van der Waals surface area contributed by atoms with Crippen LogP contribution in [0.4, 0.5) is 5.69 Å². The van der Waals surface area contributed by atoms with Crippen LogP contribution in [0.25, 0.3) is 0 Å². The van der Waals surface area contributed by atoms with E-state index in [1.54, 1.807) is 49.6 Å². The monoisotopic (exact) mass is 343 g/mol. The number of benzene rings is 2. The van der Waals surface area contributed by atoms with Gasteiger partial charge in [-0.25, -0.2) is 0 Å². The summed E-state index contributed by atoms with van der Waals surface area (Å²) in [5, 5.41) is 2.75. The Hall–Kier alpha value is -3.02. The number of ketones is 1. The average molecular weight is 343 g/mol. The maximum Gasteiger partial charge on any atom is 0.227 e. The maximum absolute atomic E-state index is 12.1. The fourth-order valence-corrected chi connectivity index (χ4v) is 2.17. The minimum absolute atomic E-state index is 0.0824. The first-order valence-corrected chi connectivity index (χ1v) is 7.79. The van der Waals surface area contributed by atoms with Crippen molar-refractivity contribution in [3.05, 3.63) is 48.0 Å². The van der Waals surface area contributed by atoms with E-state index in [4.69, 9.17) is 14.2 Å². The highest BCUT2D eigenvalue weighted by Crippen LogP contribution is 2.26. The Morgan fingerprint density at radius 2 is 1.64 bits per heavy atom. The van der Waals surface area contributed by atoms with E-state index in [1.807, 2.05) is 0 Å². The number of carbonyl (C=O) groups is 2. The third kappa shape index (κ3) is 5.24. The standard InChI is InChI=1S/C19H21NO5/c1-13(21)14-4-9-18(24-3)17(12-14)20-19(22)10-11-25-16-7-5-15(23-2)6-8-16/h4-9,12H,10-11H2,1-3H3,(H,20,22). The molecule has 0 bridgehead atoms. The zero-order valence-electron chi connectivity index (χ0n) is 14.5. The molecule has 0 aliphatic carbocycles. The van der Waals surface area contributed by atoms with Gasteiger partial charge in [-0.05, 0) is 49.4 Å². The molecule has 0 unspecified atom stereocenters. The lowest BCUT2D eigenvalue weighted by Gasteiger charge is -2.12. The number of amides is 1. The van der Waals surface area contributed by atoms with Crippen LogP contribution in [0.15, 0.2) is 42.5 Å². The van der Waals surface area contributed by atoms with Crippen molar-refractivity contribution in [1.29, 1.82) is 0 Å². The number of ether oxygens (including phenoxy) is 3. The summed E-state index contributed by atoms with van der Waals surface area (Å²) < 4.78 is 15.8. The second-order valence-corrected chi connectivity index (χ2v) is 5.29. The molecule has 0 saturated carbocycles. The quantitative estimate of drug-likeness (QED) is 0.744. The third-order valence-electron chi connectivity index (χ3n) is 3.54. The largest absolute Gasteiger partial charge is 0.497 e. The molecule has 6 nitrogen and oxygen atoms in total. The highest BCUT2D eigenvalue weighted by Gasteiger charge is 2.10. The molecular weight excluding hydrogens is 322 g/mol. The molecule has 6 heteroatoms. The normalized spacial score (nSPS) is 10.0. The summed E-state index contributed by atoms with van der Waals surface area (Å²) in [4.78, 5) is 23.6. The lowest BCUT2D eigenvalue weighted by Crippen LogP contribution is -2.16. The minimum atomic E-state index is -0.229. The van der Waals surface area contributed by atoms with Gasteiger partial charge in [-0.15, -0.1) is 0 Å². The van der Waals surface area contributed by atoms with Crippen LogP contribution in [0.3, 0.4) is 0 Å². The number of rotatable bonds is 8. The molecule has 0 spiro atoms. The Bertz CT molecular complexity index is 740. The van der Waals surface area contributed by atoms with Crippen LogP contribution in [0.2, 0.25) is 0 Å². The molecule has 0 aliphatic rings. The Morgan fingerprint density at radius 1 is 0.960 bits per heavy atom. The van der Waals surface area contributed by atoms with Gasteiger partial charge < -0.3 is 19.5 Å². The van der Waals surface area contributed by atoms with E-state index in [-0.39, 0.29) is 24.7 Å². The van der Waals surface area contributed by atoms with Crippen molar-refractivity contribution >= 4 is 17.4 Å². The Morgan fingerprint density at radius 3 is 2.24 bits per heavy atom. The topological polar surface area (TPSA) is 73.9 Å². The van der Waals surface area contributed by atoms with E-state index in [0.29, 0.717) is 22.7 Å². The third-order valence-corrected chi connectivity index (χ3v) is 3.54. The zero-order valence-corrected chi connectivity index (χ0v) is 14.5. The van der Waals surface area contributed by atoms with Gasteiger partial charge in [0.05, 0.1) is 32.9 Å². The molecule has 0 radical (unpaired) electrons. The second-order valence-electron chi connectivity index (χ2n) is 5.29. The van der Waals surface area contributed by atoms with Crippen LogP contribution < -0.4 is 19.5 Å². The summed E-state index contributed by atoms with van der Waals surface area (Å²) in [6, 6.07) is 12.0. The second kappa shape index (κ2) is 8.73. The van der Waals surface area contributed by atoms with Gasteiger partial charge in [0, 0.05) is 5.56 Å². The summed E-state index contributed by atoms with van der Waals surface area (Å²) in [6.45, 7) is 1.70. The first kappa shape index (κ1) is 18.3. The number of carbonyl (C=O) groups excluding carboxylic acids is 2. The maximum atomic E-state index is 12.1. The fraction of sp³-hybridized carbons (Fsp3) is 0.263. The number of Topliss-reactive ketones (excluding diaryl/α,β-unsaturated/α-hetero) is 1. The minimum Gasteiger partial charge on any atom is -0.497 e. The molecule has 0 aromatic heterocycles. The number of nitrogens with one attached hydrogen (secondary N) is 1. The summed E-state index contributed by atoms with van der Waals surface area (Å²) in [6.07, 6.45) is 0.166. The molecule has 1 N–H and O–H groups in total. The van der Waals surface area contributed by atoms with Crippen molar-refractivity contribution in [2.24, 2.45) is 0 Å². The van der Waals surface area contributed by atoms with Crippen LogP contribution in [0.5, 0.6) is 17.2 Å². The van der Waals surface area contributed by atoms with Crippen molar-refractivity contribution in [3.8, 4) is 17.2 Å². The van der Waals surface area contributed by atoms with Gasteiger partial charge in [0.2, 0.25) is 5.91 Å². The molecule has 2 rings (SSSR count). The SMILES string of the molecule is COc1ccc(OCCC(=O)Nc2cc(C(C)=O)ccc2OC)cc1. The molecule has 0 atom stereocenters. The fourth-order valence-electron chi connectivity index (χ4n) is 2.17. The van der Waals surface area contributed by atoms with Crippen LogP contribution in [-0.2, 0) is 4.79 Å². The van der Waals surface area contributed by atoms with Gasteiger partial charge in [-0.2, -0.15) is 0 Å². The van der Waals surface area contributed by atoms with E-state index >= 15 is 0 Å². The van der Waals surface area contributed by atoms with E-state index in [0.717, 1.165) is 5.75 Å². The molecule has 25 heavy (non-hydrogen) atoms. The number of anilines is 1. The summed E-state index contributed by atoms with van der Waals surface area (Å²) in [5.41, 5.74) is 0.968. The highest BCUT2D eigenvalue weighted by atomic mass is 16.5. The van der Waals surface area contributed by atoms with Gasteiger partial charge in [0.1, 0.15) is 17.2 Å². The molecule has 2 aromatic rings. The van der Waals surface area contributed by atoms with Crippen LogP contribution >= 0.6 is 0 Å². The van der Waals surface area contributed by atoms with E-state index in [1.165, 1.54) is 14.0 Å². The Labute approximate surface area is 146 Å². The Balaban J connectivity index is 1.91. The van der Waals surface area contributed by atoms with E-state index in [9.17, 15) is 9.59 Å². The average Bonchev–Trinajstić information content (AvgIpc) is 2.62. The van der Waals surface area contributed by atoms with Crippen molar-refractivity contribution in [3.63, 3.8) is 0 Å². The lowest BCUT2D eigenvalue weighted by molar-refractivity contribution is -0.116. The summed E-state index contributed by atoms with van der Waals surface area (Å²) >= 11 is 0. The summed E-state index contributed by atoms with van der Waals surface area (Å²) in [7, 11) is 3.10. The molecule has 2 aromatic carbocycles. The zero-order chi connectivity index (χ0) is 18.2. The first-order chi connectivity index (χ1) is 12.0. The number of hydrogen-bond donors (Lipinski definition) is 1. The van der Waals surface area contributed by atoms with E-state index in [2.05, 4.69) is 5.32 Å². The lowest BCUT2D eigenvalue weighted by atomic mass is 10.1. The molecule has 1 amide bonds. The summed E-state index contributed by atoms with van der Waals surface area (Å²) in [5.74, 6) is 1.58. The van der Waals surface area contributed by atoms with Gasteiger partial charge in [-0.3, -0.25) is 9.59 Å². The molecule has 0 fully saturated rings. The smallest absolute Gasteiger partial charge is 0.227 e. The van der Waals surface area contributed by atoms with Crippen molar-refractivity contribution in [2.45, 2.75) is 13.3 Å².